The van der Waals surface area contributed by atoms with Crippen LogP contribution in [-0.4, -0.2) is 37.3 Å². The number of piperidine rings is 1. The maximum atomic E-state index is 6.41. The topological polar surface area (TPSA) is 45.8 Å². The number of ether oxygens (including phenoxy) is 2. The summed E-state index contributed by atoms with van der Waals surface area (Å²) in [6, 6.07) is 14.3. The van der Waals surface area contributed by atoms with E-state index in [1.165, 1.54) is 41.8 Å². The Morgan fingerprint density at radius 3 is 2.85 bits per heavy atom. The summed E-state index contributed by atoms with van der Waals surface area (Å²) in [5, 5.41) is 7.02. The third-order valence-electron chi connectivity index (χ3n) is 6.52. The first-order valence-electron chi connectivity index (χ1n) is 10.1. The Bertz CT molecular complexity index is 876. The van der Waals surface area contributed by atoms with Crippen molar-refractivity contribution in [1.82, 2.24) is 10.2 Å². The number of nitrogens with zero attached hydrogens (tertiary/aromatic N) is 1. The molecule has 0 saturated carbocycles. The molecule has 2 N–H and O–H groups in total. The van der Waals surface area contributed by atoms with E-state index in [-0.39, 0.29) is 6.10 Å². The van der Waals surface area contributed by atoms with Crippen molar-refractivity contribution in [2.45, 2.75) is 37.5 Å². The van der Waals surface area contributed by atoms with Crippen molar-refractivity contribution in [2.24, 2.45) is 0 Å². The van der Waals surface area contributed by atoms with Crippen LogP contribution in [0.3, 0.4) is 0 Å². The summed E-state index contributed by atoms with van der Waals surface area (Å²) in [4.78, 5) is 2.54. The molecule has 5 heterocycles. The molecule has 140 valence electrons. The molecule has 2 aromatic carbocycles. The Kier molecular flexibility index (Phi) is 3.59. The predicted octanol–water partition coefficient (Wildman–Crippen LogP) is 3.23. The first-order valence-corrected chi connectivity index (χ1v) is 10.1. The Morgan fingerprint density at radius 2 is 2.00 bits per heavy atom. The lowest BCUT2D eigenvalue weighted by Crippen LogP contribution is -2.55. The largest absolute Gasteiger partial charge is 0.485 e. The summed E-state index contributed by atoms with van der Waals surface area (Å²) in [5.41, 5.74) is 5.20. The highest BCUT2D eigenvalue weighted by Gasteiger charge is 2.35. The quantitative estimate of drug-likeness (QED) is 0.858. The summed E-state index contributed by atoms with van der Waals surface area (Å²) >= 11 is 0. The van der Waals surface area contributed by atoms with Gasteiger partial charge in [-0.15, -0.1) is 0 Å². The van der Waals surface area contributed by atoms with Gasteiger partial charge in [0.2, 0.25) is 0 Å². The third-order valence-corrected chi connectivity index (χ3v) is 6.52. The normalized spacial score (nSPS) is 30.7. The van der Waals surface area contributed by atoms with Gasteiger partial charge in [-0.2, -0.15) is 0 Å². The SMILES string of the molecule is c1cc2c(cc1C1COc3ccc(C4CC5CCN4CN5)cc3O1)CCN2. The van der Waals surface area contributed by atoms with Crippen LogP contribution in [0.1, 0.15) is 41.7 Å². The Labute approximate surface area is 159 Å². The lowest BCUT2D eigenvalue weighted by atomic mass is 9.89. The summed E-state index contributed by atoms with van der Waals surface area (Å²) in [6.07, 6.45) is 3.49. The molecule has 5 heteroatoms. The Morgan fingerprint density at radius 1 is 1.04 bits per heavy atom. The molecule has 0 radical (unpaired) electrons. The molecule has 2 aromatic rings. The molecule has 3 fully saturated rings. The van der Waals surface area contributed by atoms with Crippen LogP contribution in [0.2, 0.25) is 0 Å². The fourth-order valence-corrected chi connectivity index (χ4v) is 4.97. The molecule has 0 aliphatic carbocycles. The minimum absolute atomic E-state index is 0.0385. The predicted molar refractivity (Wildman–Crippen MR) is 104 cm³/mol. The molecule has 4 unspecified atom stereocenters. The van der Waals surface area contributed by atoms with Gasteiger partial charge in [-0.05, 0) is 60.2 Å². The van der Waals surface area contributed by atoms with Crippen molar-refractivity contribution in [3.05, 3.63) is 53.1 Å². The molecular weight excluding hydrogens is 338 g/mol. The molecule has 0 aromatic heterocycles. The molecule has 0 spiro atoms. The molecule has 4 atom stereocenters. The van der Waals surface area contributed by atoms with E-state index in [1.807, 2.05) is 0 Å². The molecule has 2 bridgehead atoms. The van der Waals surface area contributed by atoms with Crippen LogP contribution in [-0.2, 0) is 6.42 Å². The smallest absolute Gasteiger partial charge is 0.162 e. The van der Waals surface area contributed by atoms with E-state index in [9.17, 15) is 0 Å². The molecule has 3 saturated heterocycles. The fourth-order valence-electron chi connectivity index (χ4n) is 4.97. The first kappa shape index (κ1) is 15.8. The standard InChI is InChI=1S/C22H25N3O2/c1-3-18-14(5-7-23-18)9-16(1)22-12-26-20-4-2-15(10-21(20)27-22)19-11-17-6-8-25(19)13-24-17/h1-4,9-10,17,19,22-24H,5-8,11-13H2. The molecule has 0 amide bonds. The van der Waals surface area contributed by atoms with Crippen LogP contribution < -0.4 is 20.1 Å². The highest BCUT2D eigenvalue weighted by molar-refractivity contribution is 5.57. The van der Waals surface area contributed by atoms with Crippen LogP contribution in [0.4, 0.5) is 5.69 Å². The number of hydrogen-bond acceptors (Lipinski definition) is 5. The molecule has 5 aliphatic heterocycles. The van der Waals surface area contributed by atoms with Crippen molar-refractivity contribution in [2.75, 3.05) is 31.7 Å². The minimum Gasteiger partial charge on any atom is -0.485 e. The highest BCUT2D eigenvalue weighted by atomic mass is 16.6. The number of anilines is 1. The lowest BCUT2D eigenvalue weighted by molar-refractivity contribution is 0.0541. The first-order chi connectivity index (χ1) is 13.3. The second-order valence-electron chi connectivity index (χ2n) is 8.13. The summed E-state index contributed by atoms with van der Waals surface area (Å²) in [7, 11) is 0. The van der Waals surface area contributed by atoms with Crippen molar-refractivity contribution in [3.8, 4) is 11.5 Å². The summed E-state index contributed by atoms with van der Waals surface area (Å²) in [5.74, 6) is 1.75. The molecule has 7 rings (SSSR count). The average molecular weight is 363 g/mol. The van der Waals surface area contributed by atoms with Crippen LogP contribution in [0, 0.1) is 0 Å². The van der Waals surface area contributed by atoms with E-state index in [0.29, 0.717) is 18.7 Å². The van der Waals surface area contributed by atoms with E-state index in [1.54, 1.807) is 0 Å². The Hall–Kier alpha value is -2.24. The van der Waals surface area contributed by atoms with Gasteiger partial charge in [0.05, 0.1) is 0 Å². The number of hydrogen-bond donors (Lipinski definition) is 2. The van der Waals surface area contributed by atoms with Gasteiger partial charge in [0, 0.05) is 37.5 Å². The van der Waals surface area contributed by atoms with Gasteiger partial charge < -0.3 is 20.1 Å². The molecule has 27 heavy (non-hydrogen) atoms. The zero-order valence-electron chi connectivity index (χ0n) is 15.4. The van der Waals surface area contributed by atoms with Gasteiger partial charge in [0.1, 0.15) is 6.61 Å². The second kappa shape index (κ2) is 6.14. The van der Waals surface area contributed by atoms with Gasteiger partial charge in [-0.1, -0.05) is 12.1 Å². The van der Waals surface area contributed by atoms with E-state index in [2.05, 4.69) is 51.9 Å². The lowest BCUT2D eigenvalue weighted by Gasteiger charge is -2.46. The maximum Gasteiger partial charge on any atom is 0.162 e. The van der Waals surface area contributed by atoms with Crippen LogP contribution in [0.25, 0.3) is 0 Å². The van der Waals surface area contributed by atoms with Crippen LogP contribution in [0.15, 0.2) is 36.4 Å². The maximum absolute atomic E-state index is 6.41. The van der Waals surface area contributed by atoms with Gasteiger partial charge >= 0.3 is 0 Å². The van der Waals surface area contributed by atoms with E-state index >= 15 is 0 Å². The Balaban J connectivity index is 1.27. The molecular formula is C22H25N3O2. The molecule has 5 aliphatic rings. The number of rotatable bonds is 2. The summed E-state index contributed by atoms with van der Waals surface area (Å²) < 4.78 is 12.5. The van der Waals surface area contributed by atoms with Crippen molar-refractivity contribution in [1.29, 1.82) is 0 Å². The fraction of sp³-hybridized carbons (Fsp3) is 0.455. The second-order valence-corrected chi connectivity index (χ2v) is 8.13. The number of nitrogens with one attached hydrogen (secondary N) is 2. The van der Waals surface area contributed by atoms with E-state index in [0.717, 1.165) is 31.1 Å². The zero-order valence-corrected chi connectivity index (χ0v) is 15.4. The van der Waals surface area contributed by atoms with Gasteiger partial charge in [0.25, 0.3) is 0 Å². The van der Waals surface area contributed by atoms with Crippen LogP contribution >= 0.6 is 0 Å². The van der Waals surface area contributed by atoms with Crippen molar-refractivity contribution >= 4 is 5.69 Å². The van der Waals surface area contributed by atoms with Crippen molar-refractivity contribution < 1.29 is 9.47 Å². The zero-order chi connectivity index (χ0) is 17.8. The van der Waals surface area contributed by atoms with Gasteiger partial charge in [-0.25, -0.2) is 0 Å². The third kappa shape index (κ3) is 2.68. The highest BCUT2D eigenvalue weighted by Crippen LogP contribution is 2.42. The average Bonchev–Trinajstić information content (AvgIpc) is 3.21. The van der Waals surface area contributed by atoms with E-state index < -0.39 is 0 Å². The van der Waals surface area contributed by atoms with Crippen molar-refractivity contribution in [3.63, 3.8) is 0 Å². The van der Waals surface area contributed by atoms with E-state index in [4.69, 9.17) is 9.47 Å². The molecule has 5 nitrogen and oxygen atoms in total. The number of fused-ring (bicyclic) bond motifs is 5. The summed E-state index contributed by atoms with van der Waals surface area (Å²) in [6.45, 7) is 3.78. The van der Waals surface area contributed by atoms with Gasteiger partial charge in [0.15, 0.2) is 17.6 Å². The number of benzene rings is 2. The van der Waals surface area contributed by atoms with Crippen LogP contribution in [0.5, 0.6) is 11.5 Å². The minimum atomic E-state index is -0.0385. The monoisotopic (exact) mass is 363 g/mol. The van der Waals surface area contributed by atoms with Gasteiger partial charge in [-0.3, -0.25) is 4.90 Å².